The van der Waals surface area contributed by atoms with Gasteiger partial charge in [-0.1, -0.05) is 12.8 Å². The Labute approximate surface area is 147 Å². The lowest BCUT2D eigenvalue weighted by atomic mass is 10.1. The topological polar surface area (TPSA) is 67.4 Å². The summed E-state index contributed by atoms with van der Waals surface area (Å²) in [6.45, 7) is 0. The molecule has 0 spiro atoms. The lowest BCUT2D eigenvalue weighted by Gasteiger charge is -2.21. The lowest BCUT2D eigenvalue weighted by Crippen LogP contribution is -2.49. The number of hydrogen-bond acceptors (Lipinski definition) is 4. The molecule has 0 aromatic heterocycles. The van der Waals surface area contributed by atoms with Gasteiger partial charge in [0.2, 0.25) is 5.91 Å². The van der Waals surface area contributed by atoms with E-state index in [-0.39, 0.29) is 17.9 Å². The van der Waals surface area contributed by atoms with Crippen LogP contribution < -0.4 is 15.4 Å². The van der Waals surface area contributed by atoms with Crippen LogP contribution in [0.5, 0.6) is 5.75 Å². The average molecular weight is 350 g/mol. The Balaban J connectivity index is 1.97. The fourth-order valence-corrected chi connectivity index (χ4v) is 3.33. The number of methoxy groups -OCH3 is 1. The molecule has 2 amide bonds. The van der Waals surface area contributed by atoms with Gasteiger partial charge in [-0.25, -0.2) is 0 Å². The number of ether oxygens (including phenoxy) is 1. The number of benzene rings is 1. The molecule has 0 saturated heterocycles. The van der Waals surface area contributed by atoms with Gasteiger partial charge in [-0.15, -0.1) is 0 Å². The van der Waals surface area contributed by atoms with E-state index in [9.17, 15) is 9.59 Å². The van der Waals surface area contributed by atoms with E-state index in [2.05, 4.69) is 10.6 Å². The van der Waals surface area contributed by atoms with Gasteiger partial charge in [-0.05, 0) is 55.5 Å². The van der Waals surface area contributed by atoms with Gasteiger partial charge in [0.25, 0.3) is 5.91 Å². The van der Waals surface area contributed by atoms with Gasteiger partial charge in [-0.2, -0.15) is 11.8 Å². The average Bonchev–Trinajstić information content (AvgIpc) is 3.11. The molecular formula is C18H26N2O3S. The number of amides is 2. The quantitative estimate of drug-likeness (QED) is 0.756. The molecule has 132 valence electrons. The normalized spacial score (nSPS) is 15.8. The van der Waals surface area contributed by atoms with Gasteiger partial charge in [0, 0.05) is 11.6 Å². The molecule has 1 aromatic rings. The third-order valence-corrected chi connectivity index (χ3v) is 4.93. The van der Waals surface area contributed by atoms with Gasteiger partial charge < -0.3 is 15.4 Å². The molecular weight excluding hydrogens is 324 g/mol. The van der Waals surface area contributed by atoms with Crippen molar-refractivity contribution in [3.8, 4) is 5.75 Å². The Morgan fingerprint density at radius 1 is 1.25 bits per heavy atom. The van der Waals surface area contributed by atoms with Gasteiger partial charge in [-0.3, -0.25) is 9.59 Å². The number of carbonyl (C=O) groups is 2. The Morgan fingerprint density at radius 3 is 2.50 bits per heavy atom. The van der Waals surface area contributed by atoms with Crippen molar-refractivity contribution in [2.45, 2.75) is 44.2 Å². The third-order valence-electron chi connectivity index (χ3n) is 4.29. The van der Waals surface area contributed by atoms with Crippen molar-refractivity contribution in [2.75, 3.05) is 19.1 Å². The van der Waals surface area contributed by atoms with Crippen LogP contribution in [0.1, 0.15) is 42.5 Å². The summed E-state index contributed by atoms with van der Waals surface area (Å²) in [5.74, 6) is 1.22. The first-order chi connectivity index (χ1) is 11.6. The van der Waals surface area contributed by atoms with E-state index in [1.807, 2.05) is 6.26 Å². The number of rotatable bonds is 8. The van der Waals surface area contributed by atoms with E-state index in [4.69, 9.17) is 4.74 Å². The molecule has 0 aliphatic heterocycles. The highest BCUT2D eigenvalue weighted by Crippen LogP contribution is 2.18. The maximum absolute atomic E-state index is 12.5. The highest BCUT2D eigenvalue weighted by Gasteiger charge is 2.24. The number of carbonyl (C=O) groups excluding carboxylic acids is 2. The second-order valence-electron chi connectivity index (χ2n) is 6.03. The van der Waals surface area contributed by atoms with Crippen LogP contribution in [-0.4, -0.2) is 43.0 Å². The van der Waals surface area contributed by atoms with Crippen LogP contribution in [0.15, 0.2) is 24.3 Å². The Morgan fingerprint density at radius 2 is 1.92 bits per heavy atom. The molecule has 24 heavy (non-hydrogen) atoms. The molecule has 0 radical (unpaired) electrons. The first-order valence-corrected chi connectivity index (χ1v) is 9.77. The molecule has 5 nitrogen and oxygen atoms in total. The monoisotopic (exact) mass is 350 g/mol. The molecule has 2 N–H and O–H groups in total. The van der Waals surface area contributed by atoms with Crippen LogP contribution in [-0.2, 0) is 4.79 Å². The summed E-state index contributed by atoms with van der Waals surface area (Å²) in [6.07, 6.45) is 7.02. The van der Waals surface area contributed by atoms with Crippen molar-refractivity contribution < 1.29 is 14.3 Å². The minimum atomic E-state index is -0.493. The Hall–Kier alpha value is -1.69. The SMILES string of the molecule is COc1ccc(C(=O)NC(CCSC)C(=O)NC2CCCC2)cc1. The van der Waals surface area contributed by atoms with E-state index in [1.54, 1.807) is 43.1 Å². The summed E-state index contributed by atoms with van der Waals surface area (Å²) in [4.78, 5) is 24.9. The van der Waals surface area contributed by atoms with Gasteiger partial charge in [0.05, 0.1) is 7.11 Å². The molecule has 0 heterocycles. The summed E-state index contributed by atoms with van der Waals surface area (Å²) in [5.41, 5.74) is 0.526. The maximum Gasteiger partial charge on any atom is 0.251 e. The van der Waals surface area contributed by atoms with Crippen LogP contribution in [0.4, 0.5) is 0 Å². The Bertz CT molecular complexity index is 542. The van der Waals surface area contributed by atoms with Crippen molar-refractivity contribution in [3.05, 3.63) is 29.8 Å². The highest BCUT2D eigenvalue weighted by atomic mass is 32.2. The highest BCUT2D eigenvalue weighted by molar-refractivity contribution is 7.98. The maximum atomic E-state index is 12.5. The molecule has 0 bridgehead atoms. The van der Waals surface area contributed by atoms with Crippen molar-refractivity contribution in [3.63, 3.8) is 0 Å². The minimum absolute atomic E-state index is 0.0715. The van der Waals surface area contributed by atoms with Crippen LogP contribution in [0, 0.1) is 0 Å². The number of thioether (sulfide) groups is 1. The lowest BCUT2D eigenvalue weighted by molar-refractivity contribution is -0.123. The zero-order chi connectivity index (χ0) is 17.4. The summed E-state index contributed by atoms with van der Waals surface area (Å²) in [5, 5.41) is 5.95. The second-order valence-corrected chi connectivity index (χ2v) is 7.01. The smallest absolute Gasteiger partial charge is 0.251 e. The largest absolute Gasteiger partial charge is 0.497 e. The van der Waals surface area contributed by atoms with Crippen LogP contribution in [0.2, 0.25) is 0 Å². The summed E-state index contributed by atoms with van der Waals surface area (Å²) in [6, 6.07) is 6.65. The molecule has 6 heteroatoms. The first kappa shape index (κ1) is 18.6. The molecule has 1 fully saturated rings. The predicted molar refractivity (Wildman–Crippen MR) is 97.6 cm³/mol. The fourth-order valence-electron chi connectivity index (χ4n) is 2.86. The van der Waals surface area contributed by atoms with E-state index in [1.165, 1.54) is 12.8 Å². The molecule has 1 saturated carbocycles. The number of hydrogen-bond donors (Lipinski definition) is 2. The third kappa shape index (κ3) is 5.44. The minimum Gasteiger partial charge on any atom is -0.497 e. The molecule has 1 unspecified atom stereocenters. The predicted octanol–water partition coefficient (Wildman–Crippen LogP) is 2.61. The zero-order valence-electron chi connectivity index (χ0n) is 14.3. The van der Waals surface area contributed by atoms with Gasteiger partial charge in [0.15, 0.2) is 0 Å². The van der Waals surface area contributed by atoms with Crippen molar-refractivity contribution in [1.82, 2.24) is 10.6 Å². The first-order valence-electron chi connectivity index (χ1n) is 8.38. The summed E-state index contributed by atoms with van der Waals surface area (Å²) < 4.78 is 5.10. The molecule has 1 atom stereocenters. The van der Waals surface area contributed by atoms with Crippen molar-refractivity contribution in [2.24, 2.45) is 0 Å². The van der Waals surface area contributed by atoms with Crippen LogP contribution in [0.25, 0.3) is 0 Å². The summed E-state index contributed by atoms with van der Waals surface area (Å²) in [7, 11) is 1.58. The van der Waals surface area contributed by atoms with Crippen molar-refractivity contribution in [1.29, 1.82) is 0 Å². The van der Waals surface area contributed by atoms with E-state index >= 15 is 0 Å². The van der Waals surface area contributed by atoms with Crippen LogP contribution in [0.3, 0.4) is 0 Å². The van der Waals surface area contributed by atoms with Gasteiger partial charge in [0.1, 0.15) is 11.8 Å². The van der Waals surface area contributed by atoms with E-state index in [0.717, 1.165) is 18.6 Å². The van der Waals surface area contributed by atoms with Crippen molar-refractivity contribution >= 4 is 23.6 Å². The molecule has 1 aliphatic carbocycles. The van der Waals surface area contributed by atoms with Gasteiger partial charge >= 0.3 is 0 Å². The van der Waals surface area contributed by atoms with E-state index < -0.39 is 6.04 Å². The summed E-state index contributed by atoms with van der Waals surface area (Å²) >= 11 is 1.67. The van der Waals surface area contributed by atoms with E-state index in [0.29, 0.717) is 17.7 Å². The number of nitrogens with one attached hydrogen (secondary N) is 2. The second kappa shape index (κ2) is 9.57. The van der Waals surface area contributed by atoms with Crippen LogP contribution >= 0.6 is 11.8 Å². The molecule has 1 aromatic carbocycles. The molecule has 2 rings (SSSR count). The molecule has 1 aliphatic rings. The Kier molecular flexibility index (Phi) is 7.43. The zero-order valence-corrected chi connectivity index (χ0v) is 15.2. The standard InChI is InChI=1S/C18H26N2O3S/c1-23-15-9-7-13(8-10-15)17(21)20-16(11-12-24-2)18(22)19-14-5-3-4-6-14/h7-10,14,16H,3-6,11-12H2,1-2H3,(H,19,22)(H,20,21). The fraction of sp³-hybridized carbons (Fsp3) is 0.556.